The van der Waals surface area contributed by atoms with Gasteiger partial charge in [0.25, 0.3) is 0 Å². The molecule has 210 valence electrons. The van der Waals surface area contributed by atoms with Gasteiger partial charge in [0.15, 0.2) is 0 Å². The summed E-state index contributed by atoms with van der Waals surface area (Å²) in [5.74, 6) is -0.989. The van der Waals surface area contributed by atoms with E-state index in [0.717, 1.165) is 25.7 Å². The molecule has 2 saturated heterocycles. The van der Waals surface area contributed by atoms with Crippen molar-refractivity contribution < 1.29 is 23.9 Å². The summed E-state index contributed by atoms with van der Waals surface area (Å²) < 4.78 is 5.55. The highest BCUT2D eigenvalue weighted by molar-refractivity contribution is 6.35. The Bertz CT molecular complexity index is 1190. The summed E-state index contributed by atoms with van der Waals surface area (Å²) >= 11 is 12.6. The molecule has 3 amide bonds. The molecule has 39 heavy (non-hydrogen) atoms. The Morgan fingerprint density at radius 2 is 1.79 bits per heavy atom. The van der Waals surface area contributed by atoms with E-state index in [2.05, 4.69) is 0 Å². The van der Waals surface area contributed by atoms with Crippen LogP contribution in [0.25, 0.3) is 0 Å². The van der Waals surface area contributed by atoms with Crippen molar-refractivity contribution in [3.8, 4) is 0 Å². The van der Waals surface area contributed by atoms with E-state index in [1.807, 2.05) is 11.0 Å². The summed E-state index contributed by atoms with van der Waals surface area (Å²) in [7, 11) is 0. The molecular formula is C29H35Cl2N3O5. The summed E-state index contributed by atoms with van der Waals surface area (Å²) in [6, 6.07) is 5.14. The number of carbonyl (C=O) groups is 4. The maximum Gasteiger partial charge on any atom is 0.318 e. The van der Waals surface area contributed by atoms with Crippen LogP contribution >= 0.6 is 23.2 Å². The lowest BCUT2D eigenvalue weighted by Gasteiger charge is -2.48. The lowest BCUT2D eigenvalue weighted by atomic mass is 9.66. The number of likely N-dealkylation sites (tertiary alicyclic amines) is 1. The Labute approximate surface area is 239 Å². The molecule has 0 unspecified atom stereocenters. The van der Waals surface area contributed by atoms with Crippen molar-refractivity contribution in [1.82, 2.24) is 14.7 Å². The first kappa shape index (κ1) is 28.0. The van der Waals surface area contributed by atoms with Gasteiger partial charge in [-0.25, -0.2) is 0 Å². The number of nitrogens with zero attached hydrogens (tertiary/aromatic N) is 3. The van der Waals surface area contributed by atoms with Gasteiger partial charge in [0, 0.05) is 60.2 Å². The van der Waals surface area contributed by atoms with Gasteiger partial charge in [-0.2, -0.15) is 0 Å². The highest BCUT2D eigenvalue weighted by atomic mass is 35.5. The predicted octanol–water partition coefficient (Wildman–Crippen LogP) is 4.43. The molecular weight excluding hydrogens is 541 g/mol. The average Bonchev–Trinajstić information content (AvgIpc) is 3.77. The largest absolute Gasteiger partial charge is 0.465 e. The lowest BCUT2D eigenvalue weighted by Crippen LogP contribution is -2.55. The Hall–Kier alpha value is -2.58. The number of hydrogen-bond donors (Lipinski definition) is 0. The van der Waals surface area contributed by atoms with Crippen molar-refractivity contribution in [2.24, 2.45) is 17.3 Å². The maximum atomic E-state index is 14.0. The van der Waals surface area contributed by atoms with Gasteiger partial charge < -0.3 is 19.4 Å². The molecule has 0 aromatic heterocycles. The van der Waals surface area contributed by atoms with Gasteiger partial charge in [0.2, 0.25) is 17.7 Å². The van der Waals surface area contributed by atoms with Gasteiger partial charge in [0.1, 0.15) is 5.41 Å². The molecule has 8 nitrogen and oxygen atoms in total. The third kappa shape index (κ3) is 5.68. The number of fused-ring (bicyclic) bond motifs is 1. The Balaban J connectivity index is 1.37. The van der Waals surface area contributed by atoms with E-state index in [-0.39, 0.29) is 55.6 Å². The van der Waals surface area contributed by atoms with Gasteiger partial charge in [-0.05, 0) is 63.1 Å². The second kappa shape index (κ2) is 11.5. The van der Waals surface area contributed by atoms with Crippen LogP contribution in [0.2, 0.25) is 10.0 Å². The number of rotatable bonds is 7. The Morgan fingerprint density at radius 1 is 1.08 bits per heavy atom. The second-order valence-electron chi connectivity index (χ2n) is 11.0. The van der Waals surface area contributed by atoms with Gasteiger partial charge in [-0.3, -0.25) is 19.2 Å². The molecule has 0 radical (unpaired) electrons. The molecule has 10 heteroatoms. The lowest BCUT2D eigenvalue weighted by molar-refractivity contribution is -0.163. The fraction of sp³-hybridized carbons (Fsp3) is 0.586. The van der Waals surface area contributed by atoms with Crippen molar-refractivity contribution in [1.29, 1.82) is 0 Å². The van der Waals surface area contributed by atoms with Gasteiger partial charge in [0.05, 0.1) is 13.2 Å². The quantitative estimate of drug-likeness (QED) is 0.449. The second-order valence-corrected chi connectivity index (χ2v) is 11.9. The first-order valence-corrected chi connectivity index (χ1v) is 14.7. The third-order valence-electron chi connectivity index (χ3n) is 8.44. The zero-order chi connectivity index (χ0) is 27.7. The highest BCUT2D eigenvalue weighted by Gasteiger charge is 2.54. The number of esters is 1. The normalized spacial score (nSPS) is 25.2. The monoisotopic (exact) mass is 575 g/mol. The van der Waals surface area contributed by atoms with E-state index >= 15 is 0 Å². The molecule has 2 heterocycles. The highest BCUT2D eigenvalue weighted by Crippen LogP contribution is 2.50. The number of ether oxygens (including phenoxy) is 1. The number of allylic oxidation sites excluding steroid dienone is 1. The van der Waals surface area contributed by atoms with Crippen LogP contribution in [0.3, 0.4) is 0 Å². The van der Waals surface area contributed by atoms with Crippen molar-refractivity contribution >= 4 is 46.9 Å². The standard InChI is InChI=1S/C29H35Cl2N3O5/c1-2-39-28(38)29-10-4-3-5-24(29)34(18-20-8-9-22(30)16-23(20)31)27(37)21(17-29)15-25(35)32-11-13-33(14-12-32)26(36)19-6-7-19/h5,8-9,16,19,21H,2-4,6-7,10-15,17-18H2,1H3/t21-,29-/m0/s1. The first-order valence-electron chi connectivity index (χ1n) is 13.9. The van der Waals surface area contributed by atoms with E-state index in [1.54, 1.807) is 34.9 Å². The summed E-state index contributed by atoms with van der Waals surface area (Å²) in [5.41, 5.74) is 0.377. The van der Waals surface area contributed by atoms with E-state index in [0.29, 0.717) is 53.9 Å². The van der Waals surface area contributed by atoms with E-state index in [1.165, 1.54) is 0 Å². The number of piperidine rings is 1. The molecule has 0 N–H and O–H groups in total. The predicted molar refractivity (Wildman–Crippen MR) is 147 cm³/mol. The minimum atomic E-state index is -0.985. The van der Waals surface area contributed by atoms with Crippen molar-refractivity contribution in [2.75, 3.05) is 32.8 Å². The summed E-state index contributed by atoms with van der Waals surface area (Å²) in [4.78, 5) is 58.5. The van der Waals surface area contributed by atoms with Crippen LogP contribution in [0, 0.1) is 17.3 Å². The van der Waals surface area contributed by atoms with E-state index in [9.17, 15) is 19.2 Å². The molecule has 2 aliphatic heterocycles. The molecule has 3 fully saturated rings. The molecule has 2 atom stereocenters. The zero-order valence-electron chi connectivity index (χ0n) is 22.3. The molecule has 1 saturated carbocycles. The van der Waals surface area contributed by atoms with Crippen molar-refractivity contribution in [3.05, 3.63) is 45.6 Å². The zero-order valence-corrected chi connectivity index (χ0v) is 23.8. The van der Waals surface area contributed by atoms with Crippen LogP contribution in [0.15, 0.2) is 30.0 Å². The molecule has 0 bridgehead atoms. The van der Waals surface area contributed by atoms with Crippen LogP contribution in [0.4, 0.5) is 0 Å². The molecule has 2 aliphatic carbocycles. The van der Waals surface area contributed by atoms with E-state index < -0.39 is 11.3 Å². The number of carbonyl (C=O) groups excluding carboxylic acids is 4. The maximum absolute atomic E-state index is 14.0. The number of halogens is 2. The third-order valence-corrected chi connectivity index (χ3v) is 9.02. The molecule has 5 rings (SSSR count). The average molecular weight is 577 g/mol. The first-order chi connectivity index (χ1) is 18.7. The van der Waals surface area contributed by atoms with Gasteiger partial charge >= 0.3 is 5.97 Å². The molecule has 1 aromatic rings. The SMILES string of the molecule is CCOC(=O)[C@]12CCCC=C1N(Cc1ccc(Cl)cc1Cl)C(=O)[C@@H](CC(=O)N1CCN(C(=O)C3CC3)CC1)C2. The van der Waals surface area contributed by atoms with Gasteiger partial charge in [-0.1, -0.05) is 35.3 Å². The molecule has 1 aromatic carbocycles. The smallest absolute Gasteiger partial charge is 0.318 e. The molecule has 4 aliphatic rings. The minimum absolute atomic E-state index is 0.00862. The number of amides is 3. The minimum Gasteiger partial charge on any atom is -0.465 e. The topological polar surface area (TPSA) is 87.2 Å². The van der Waals surface area contributed by atoms with Crippen LogP contribution < -0.4 is 0 Å². The Kier molecular flexibility index (Phi) is 8.24. The Morgan fingerprint density at radius 3 is 2.46 bits per heavy atom. The number of hydrogen-bond acceptors (Lipinski definition) is 5. The van der Waals surface area contributed by atoms with Crippen LogP contribution in [-0.2, 0) is 30.5 Å². The summed E-state index contributed by atoms with van der Waals surface area (Å²) in [5, 5.41) is 0.930. The number of benzene rings is 1. The summed E-state index contributed by atoms with van der Waals surface area (Å²) in [6.07, 6.45) is 6.24. The fourth-order valence-electron chi connectivity index (χ4n) is 6.19. The van der Waals surface area contributed by atoms with Crippen LogP contribution in [0.5, 0.6) is 0 Å². The number of piperazine rings is 1. The van der Waals surface area contributed by atoms with Gasteiger partial charge in [-0.15, -0.1) is 0 Å². The molecule has 0 spiro atoms. The summed E-state index contributed by atoms with van der Waals surface area (Å²) in [6.45, 7) is 4.12. The van der Waals surface area contributed by atoms with Crippen LogP contribution in [-0.4, -0.2) is 71.2 Å². The van der Waals surface area contributed by atoms with Crippen molar-refractivity contribution in [2.45, 2.75) is 58.4 Å². The van der Waals surface area contributed by atoms with Crippen LogP contribution in [0.1, 0.15) is 57.4 Å². The van der Waals surface area contributed by atoms with E-state index in [4.69, 9.17) is 27.9 Å². The van der Waals surface area contributed by atoms with Crippen molar-refractivity contribution in [3.63, 3.8) is 0 Å². The fourth-order valence-corrected chi connectivity index (χ4v) is 6.66.